The summed E-state index contributed by atoms with van der Waals surface area (Å²) in [5, 5.41) is 0.363. The third kappa shape index (κ3) is 1.95. The highest BCUT2D eigenvalue weighted by Crippen LogP contribution is 2.31. The van der Waals surface area contributed by atoms with Gasteiger partial charge in [0.25, 0.3) is 6.54 Å². The molecule has 0 unspecified atom stereocenters. The molecule has 6 heteroatoms. The zero-order valence-corrected chi connectivity index (χ0v) is 6.54. The Morgan fingerprint density at radius 3 is 2.67 bits per heavy atom. The van der Waals surface area contributed by atoms with E-state index in [1.807, 2.05) is 0 Å². The number of nitrogens with zero attached hydrogens (tertiary/aromatic N) is 2. The van der Waals surface area contributed by atoms with Crippen molar-refractivity contribution < 1.29 is 13.2 Å². The SMILES string of the molecule is [C-]#[N+]Cc1csc(C(F)(F)F)n1. The number of alkyl halides is 3. The molecule has 0 bridgehead atoms. The van der Waals surface area contributed by atoms with Crippen LogP contribution in [0.2, 0.25) is 0 Å². The Morgan fingerprint density at radius 2 is 2.25 bits per heavy atom. The lowest BCUT2D eigenvalue weighted by Gasteiger charge is -1.98. The molecule has 0 saturated heterocycles. The second-order valence-electron chi connectivity index (χ2n) is 1.96. The fourth-order valence-electron chi connectivity index (χ4n) is 0.591. The Hall–Kier alpha value is -1.09. The van der Waals surface area contributed by atoms with Gasteiger partial charge in [0.15, 0.2) is 5.01 Å². The summed E-state index contributed by atoms with van der Waals surface area (Å²) in [6, 6.07) is 0. The third-order valence-corrected chi connectivity index (χ3v) is 1.97. The van der Waals surface area contributed by atoms with Crippen LogP contribution in [0.1, 0.15) is 10.7 Å². The summed E-state index contributed by atoms with van der Waals surface area (Å²) >= 11 is 0.517. The molecule has 1 rings (SSSR count). The second-order valence-corrected chi connectivity index (χ2v) is 2.82. The van der Waals surface area contributed by atoms with E-state index in [1.165, 1.54) is 5.38 Å². The predicted octanol–water partition coefficient (Wildman–Crippen LogP) is 2.58. The maximum Gasteiger partial charge on any atom is 0.443 e. The van der Waals surface area contributed by atoms with Crippen LogP contribution in [-0.2, 0) is 12.7 Å². The summed E-state index contributed by atoms with van der Waals surface area (Å²) < 4.78 is 35.7. The van der Waals surface area contributed by atoms with Gasteiger partial charge in [-0.1, -0.05) is 0 Å². The third-order valence-electron chi connectivity index (χ3n) is 1.04. The Kier molecular flexibility index (Phi) is 2.33. The molecule has 0 aliphatic heterocycles. The van der Waals surface area contributed by atoms with Gasteiger partial charge in [-0.05, 0) is 0 Å². The summed E-state index contributed by atoms with van der Waals surface area (Å²) in [6.07, 6.45) is -4.38. The molecule has 1 heterocycles. The van der Waals surface area contributed by atoms with Crippen molar-refractivity contribution in [2.45, 2.75) is 12.7 Å². The van der Waals surface area contributed by atoms with Gasteiger partial charge in [-0.15, -0.1) is 11.3 Å². The predicted molar refractivity (Wildman–Crippen MR) is 37.4 cm³/mol. The largest absolute Gasteiger partial charge is 0.443 e. The first-order chi connectivity index (χ1) is 5.54. The van der Waals surface area contributed by atoms with Crippen molar-refractivity contribution in [3.8, 4) is 0 Å². The number of aromatic nitrogens is 1. The molecule has 0 aliphatic rings. The Bertz CT molecular complexity index is 309. The molecule has 0 aliphatic carbocycles. The maximum atomic E-state index is 11.9. The fourth-order valence-corrected chi connectivity index (χ4v) is 1.27. The number of hydrogen-bond donors (Lipinski definition) is 0. The lowest BCUT2D eigenvalue weighted by Crippen LogP contribution is -2.03. The molecule has 0 atom stereocenters. The molecular weight excluding hydrogens is 189 g/mol. The molecule has 0 fully saturated rings. The van der Waals surface area contributed by atoms with E-state index in [9.17, 15) is 13.2 Å². The summed E-state index contributed by atoms with van der Waals surface area (Å²) in [6.45, 7) is 6.32. The minimum Gasteiger partial charge on any atom is -0.310 e. The highest BCUT2D eigenvalue weighted by atomic mass is 32.1. The van der Waals surface area contributed by atoms with Crippen molar-refractivity contribution in [3.05, 3.63) is 27.5 Å². The average Bonchev–Trinajstić information content (AvgIpc) is 2.35. The zero-order chi connectivity index (χ0) is 9.19. The Labute approximate surface area is 70.5 Å². The van der Waals surface area contributed by atoms with Gasteiger partial charge in [0.05, 0.1) is 0 Å². The highest BCUT2D eigenvalue weighted by molar-refractivity contribution is 7.09. The summed E-state index contributed by atoms with van der Waals surface area (Å²) in [5.41, 5.74) is 0.183. The van der Waals surface area contributed by atoms with Gasteiger partial charge in [-0.2, -0.15) is 13.2 Å². The minimum absolute atomic E-state index is 0.0907. The summed E-state index contributed by atoms with van der Waals surface area (Å²) in [4.78, 5) is 6.18. The zero-order valence-electron chi connectivity index (χ0n) is 5.72. The van der Waals surface area contributed by atoms with Gasteiger partial charge in [-0.3, -0.25) is 0 Å². The van der Waals surface area contributed by atoms with Crippen molar-refractivity contribution in [1.29, 1.82) is 0 Å². The van der Waals surface area contributed by atoms with E-state index >= 15 is 0 Å². The van der Waals surface area contributed by atoms with E-state index < -0.39 is 11.2 Å². The van der Waals surface area contributed by atoms with E-state index in [4.69, 9.17) is 6.57 Å². The number of hydrogen-bond acceptors (Lipinski definition) is 2. The molecule has 0 aromatic carbocycles. The molecular formula is C6H3F3N2S. The van der Waals surface area contributed by atoms with Crippen LogP contribution in [0.25, 0.3) is 4.85 Å². The average molecular weight is 192 g/mol. The van der Waals surface area contributed by atoms with Gasteiger partial charge in [-0.25, -0.2) is 11.6 Å². The molecule has 1 aromatic heterocycles. The van der Waals surface area contributed by atoms with Gasteiger partial charge in [0.2, 0.25) is 0 Å². The minimum atomic E-state index is -4.38. The maximum absolute atomic E-state index is 11.9. The van der Waals surface area contributed by atoms with Gasteiger partial charge < -0.3 is 4.85 Å². The molecule has 2 nitrogen and oxygen atoms in total. The first kappa shape index (κ1) is 9.00. The van der Waals surface area contributed by atoms with Gasteiger partial charge >= 0.3 is 6.18 Å². The Morgan fingerprint density at radius 1 is 1.58 bits per heavy atom. The van der Waals surface area contributed by atoms with E-state index in [2.05, 4.69) is 9.83 Å². The number of halogens is 3. The standard InChI is InChI=1S/C6H3F3N2S/c1-10-2-4-3-12-5(11-4)6(7,8)9/h3H,2H2. The normalized spacial score (nSPS) is 11.2. The van der Waals surface area contributed by atoms with Crippen LogP contribution in [0.4, 0.5) is 13.2 Å². The van der Waals surface area contributed by atoms with Crippen LogP contribution in [-0.4, -0.2) is 4.98 Å². The van der Waals surface area contributed by atoms with Crippen molar-refractivity contribution in [1.82, 2.24) is 4.98 Å². The Balaban J connectivity index is 2.86. The van der Waals surface area contributed by atoms with Crippen LogP contribution in [0.5, 0.6) is 0 Å². The van der Waals surface area contributed by atoms with Crippen LogP contribution >= 0.6 is 11.3 Å². The molecule has 12 heavy (non-hydrogen) atoms. The molecule has 0 N–H and O–H groups in total. The summed E-state index contributed by atoms with van der Waals surface area (Å²) in [5.74, 6) is 0. The lowest BCUT2D eigenvalue weighted by molar-refractivity contribution is -0.137. The highest BCUT2D eigenvalue weighted by Gasteiger charge is 2.34. The molecule has 0 amide bonds. The first-order valence-corrected chi connectivity index (χ1v) is 3.77. The molecule has 0 spiro atoms. The number of rotatable bonds is 1. The molecule has 64 valence electrons. The van der Waals surface area contributed by atoms with Gasteiger partial charge in [0, 0.05) is 5.38 Å². The van der Waals surface area contributed by atoms with Crippen molar-refractivity contribution >= 4 is 11.3 Å². The second kappa shape index (κ2) is 3.11. The fraction of sp³-hybridized carbons (Fsp3) is 0.333. The van der Waals surface area contributed by atoms with Crippen molar-refractivity contribution in [2.75, 3.05) is 0 Å². The van der Waals surface area contributed by atoms with Crippen LogP contribution in [0.3, 0.4) is 0 Å². The van der Waals surface area contributed by atoms with E-state index in [-0.39, 0.29) is 12.2 Å². The van der Waals surface area contributed by atoms with Crippen molar-refractivity contribution in [2.24, 2.45) is 0 Å². The van der Waals surface area contributed by atoms with E-state index in [1.54, 1.807) is 0 Å². The monoisotopic (exact) mass is 192 g/mol. The van der Waals surface area contributed by atoms with Crippen LogP contribution in [0, 0.1) is 6.57 Å². The van der Waals surface area contributed by atoms with E-state index in [0.29, 0.717) is 11.3 Å². The van der Waals surface area contributed by atoms with Gasteiger partial charge in [0.1, 0.15) is 5.69 Å². The quantitative estimate of drug-likeness (QED) is 0.625. The molecule has 0 saturated carbocycles. The topological polar surface area (TPSA) is 17.2 Å². The first-order valence-electron chi connectivity index (χ1n) is 2.89. The van der Waals surface area contributed by atoms with Crippen molar-refractivity contribution in [3.63, 3.8) is 0 Å². The molecule has 0 radical (unpaired) electrons. The molecule has 1 aromatic rings. The van der Waals surface area contributed by atoms with E-state index in [0.717, 1.165) is 0 Å². The lowest BCUT2D eigenvalue weighted by atomic mass is 10.5. The van der Waals surface area contributed by atoms with Crippen LogP contribution in [0.15, 0.2) is 5.38 Å². The van der Waals surface area contributed by atoms with Crippen LogP contribution < -0.4 is 0 Å². The summed E-state index contributed by atoms with van der Waals surface area (Å²) in [7, 11) is 0. The smallest absolute Gasteiger partial charge is 0.310 e. The number of thiazole rings is 1.